The Bertz CT molecular complexity index is 649. The average molecular weight is 303 g/mol. The minimum atomic E-state index is -0.0544. The van der Waals surface area contributed by atoms with E-state index >= 15 is 0 Å². The number of carbonyl (C=O) groups is 1. The number of carbonyl (C=O) groups excluding carboxylic acids is 1. The molecule has 1 aromatic carbocycles. The number of benzene rings is 1. The maximum atomic E-state index is 12.0. The van der Waals surface area contributed by atoms with Crippen LogP contribution in [0.1, 0.15) is 27.2 Å². The average Bonchev–Trinajstić information content (AvgIpc) is 2.77. The molecule has 0 radical (unpaired) electrons. The van der Waals surface area contributed by atoms with Crippen molar-refractivity contribution in [2.75, 3.05) is 12.3 Å². The highest BCUT2D eigenvalue weighted by Gasteiger charge is 2.11. The Morgan fingerprint density at radius 1 is 1.29 bits per heavy atom. The summed E-state index contributed by atoms with van der Waals surface area (Å²) in [6, 6.07) is 6.45. The van der Waals surface area contributed by atoms with E-state index in [0.717, 1.165) is 11.4 Å². The van der Waals surface area contributed by atoms with Gasteiger partial charge >= 0.3 is 0 Å². The summed E-state index contributed by atoms with van der Waals surface area (Å²) in [7, 11) is 1.82. The third-order valence-corrected chi connectivity index (χ3v) is 4.39. The molecule has 0 atom stereocenters. The molecule has 0 aliphatic rings. The van der Waals surface area contributed by atoms with Gasteiger partial charge in [0.25, 0.3) is 5.91 Å². The molecule has 0 fully saturated rings. The molecule has 1 amide bonds. The van der Waals surface area contributed by atoms with E-state index in [1.165, 1.54) is 16.0 Å². The van der Waals surface area contributed by atoms with Crippen LogP contribution in [-0.4, -0.2) is 28.0 Å². The van der Waals surface area contributed by atoms with Crippen LogP contribution in [0.3, 0.4) is 0 Å². The fourth-order valence-corrected chi connectivity index (χ4v) is 2.92. The van der Waals surface area contributed by atoms with Crippen molar-refractivity contribution in [1.82, 2.24) is 15.1 Å². The van der Waals surface area contributed by atoms with Crippen LogP contribution in [0.2, 0.25) is 0 Å². The summed E-state index contributed by atoms with van der Waals surface area (Å²) in [5, 5.41) is 7.11. The molecule has 4 nitrogen and oxygen atoms in total. The quantitative estimate of drug-likeness (QED) is 0.682. The SMILES string of the molecule is Cc1ccc(SCCNC(=O)c2cn(C)nc2C)cc1C. The molecule has 1 heterocycles. The monoisotopic (exact) mass is 303 g/mol. The van der Waals surface area contributed by atoms with Gasteiger partial charge in [0.1, 0.15) is 0 Å². The smallest absolute Gasteiger partial charge is 0.254 e. The van der Waals surface area contributed by atoms with E-state index in [9.17, 15) is 4.79 Å². The zero-order chi connectivity index (χ0) is 15.4. The van der Waals surface area contributed by atoms with E-state index in [1.54, 1.807) is 22.6 Å². The molecule has 0 bridgehead atoms. The van der Waals surface area contributed by atoms with Crippen LogP contribution in [0.15, 0.2) is 29.3 Å². The van der Waals surface area contributed by atoms with Gasteiger partial charge < -0.3 is 5.32 Å². The van der Waals surface area contributed by atoms with Gasteiger partial charge in [-0.1, -0.05) is 6.07 Å². The van der Waals surface area contributed by atoms with Gasteiger partial charge in [-0.3, -0.25) is 9.48 Å². The van der Waals surface area contributed by atoms with Crippen molar-refractivity contribution in [3.63, 3.8) is 0 Å². The molecule has 5 heteroatoms. The molecule has 0 unspecified atom stereocenters. The maximum absolute atomic E-state index is 12.0. The highest BCUT2D eigenvalue weighted by molar-refractivity contribution is 7.99. The first-order valence-corrected chi connectivity index (χ1v) is 7.94. The van der Waals surface area contributed by atoms with E-state index in [4.69, 9.17) is 0 Å². The normalized spacial score (nSPS) is 10.7. The van der Waals surface area contributed by atoms with Crippen molar-refractivity contribution in [3.8, 4) is 0 Å². The molecule has 1 N–H and O–H groups in total. The van der Waals surface area contributed by atoms with Gasteiger partial charge in [-0.05, 0) is 44.0 Å². The number of aromatic nitrogens is 2. The van der Waals surface area contributed by atoms with E-state index in [1.807, 2.05) is 14.0 Å². The van der Waals surface area contributed by atoms with Crippen LogP contribution in [0, 0.1) is 20.8 Å². The minimum Gasteiger partial charge on any atom is -0.351 e. The first kappa shape index (κ1) is 15.6. The zero-order valence-corrected chi connectivity index (χ0v) is 13.8. The van der Waals surface area contributed by atoms with Gasteiger partial charge in [-0.15, -0.1) is 11.8 Å². The third-order valence-electron chi connectivity index (χ3n) is 3.39. The standard InChI is InChI=1S/C16H21N3OS/c1-11-5-6-14(9-12(11)2)21-8-7-17-16(20)15-10-19(4)18-13(15)3/h5-6,9-10H,7-8H2,1-4H3,(H,17,20). The van der Waals surface area contributed by atoms with Crippen molar-refractivity contribution >= 4 is 17.7 Å². The van der Waals surface area contributed by atoms with Gasteiger partial charge in [0.2, 0.25) is 0 Å². The molecule has 0 saturated carbocycles. The Balaban J connectivity index is 1.80. The zero-order valence-electron chi connectivity index (χ0n) is 12.9. The summed E-state index contributed by atoms with van der Waals surface area (Å²) in [5.41, 5.74) is 4.01. The van der Waals surface area contributed by atoms with Crippen molar-refractivity contribution < 1.29 is 4.79 Å². The number of hydrogen-bond donors (Lipinski definition) is 1. The summed E-state index contributed by atoms with van der Waals surface area (Å²) in [6.45, 7) is 6.72. The van der Waals surface area contributed by atoms with Crippen LogP contribution in [0.4, 0.5) is 0 Å². The van der Waals surface area contributed by atoms with Gasteiger partial charge in [-0.25, -0.2) is 0 Å². The lowest BCUT2D eigenvalue weighted by molar-refractivity contribution is 0.0955. The lowest BCUT2D eigenvalue weighted by Crippen LogP contribution is -2.26. The third kappa shape index (κ3) is 4.11. The molecular weight excluding hydrogens is 282 g/mol. The fraction of sp³-hybridized carbons (Fsp3) is 0.375. The molecule has 2 rings (SSSR count). The summed E-state index contributed by atoms with van der Waals surface area (Å²) in [5.74, 6) is 0.800. The molecular formula is C16H21N3OS. The molecule has 0 spiro atoms. The number of nitrogens with zero attached hydrogens (tertiary/aromatic N) is 2. The Labute approximate surface area is 129 Å². The maximum Gasteiger partial charge on any atom is 0.254 e. The van der Waals surface area contributed by atoms with Gasteiger partial charge in [0.15, 0.2) is 0 Å². The lowest BCUT2D eigenvalue weighted by Gasteiger charge is -2.06. The Morgan fingerprint density at radius 2 is 2.05 bits per heavy atom. The van der Waals surface area contributed by atoms with Crippen molar-refractivity contribution in [3.05, 3.63) is 46.8 Å². The van der Waals surface area contributed by atoms with Gasteiger partial charge in [-0.2, -0.15) is 5.10 Å². The van der Waals surface area contributed by atoms with Crippen molar-refractivity contribution in [2.24, 2.45) is 7.05 Å². The summed E-state index contributed by atoms with van der Waals surface area (Å²) >= 11 is 1.75. The van der Waals surface area contributed by atoms with Crippen LogP contribution < -0.4 is 5.32 Å². The lowest BCUT2D eigenvalue weighted by atomic mass is 10.1. The minimum absolute atomic E-state index is 0.0544. The summed E-state index contributed by atoms with van der Waals surface area (Å²) in [4.78, 5) is 13.3. The molecule has 0 aliphatic heterocycles. The number of aryl methyl sites for hydroxylation is 4. The van der Waals surface area contributed by atoms with Crippen LogP contribution in [0.25, 0.3) is 0 Å². The van der Waals surface area contributed by atoms with E-state index in [-0.39, 0.29) is 5.91 Å². The molecule has 2 aromatic rings. The number of rotatable bonds is 5. The largest absolute Gasteiger partial charge is 0.351 e. The number of hydrogen-bond acceptors (Lipinski definition) is 3. The van der Waals surface area contributed by atoms with E-state index in [0.29, 0.717) is 12.1 Å². The molecule has 0 saturated heterocycles. The molecule has 0 aliphatic carbocycles. The molecule has 1 aromatic heterocycles. The van der Waals surface area contributed by atoms with Crippen molar-refractivity contribution in [1.29, 1.82) is 0 Å². The van der Waals surface area contributed by atoms with Gasteiger partial charge in [0.05, 0.1) is 11.3 Å². The first-order chi connectivity index (χ1) is 9.97. The number of nitrogens with one attached hydrogen (secondary N) is 1. The second-order valence-corrected chi connectivity index (χ2v) is 6.32. The van der Waals surface area contributed by atoms with Crippen LogP contribution in [0.5, 0.6) is 0 Å². The first-order valence-electron chi connectivity index (χ1n) is 6.96. The number of amides is 1. The van der Waals surface area contributed by atoms with Crippen molar-refractivity contribution in [2.45, 2.75) is 25.7 Å². The summed E-state index contributed by atoms with van der Waals surface area (Å²) in [6.07, 6.45) is 1.75. The second-order valence-electron chi connectivity index (χ2n) is 5.15. The molecule has 112 valence electrons. The number of thioether (sulfide) groups is 1. The van der Waals surface area contributed by atoms with E-state index < -0.39 is 0 Å². The Morgan fingerprint density at radius 3 is 2.67 bits per heavy atom. The second kappa shape index (κ2) is 6.80. The topological polar surface area (TPSA) is 46.9 Å². The van der Waals surface area contributed by atoms with Crippen LogP contribution in [-0.2, 0) is 7.05 Å². The van der Waals surface area contributed by atoms with Gasteiger partial charge in [0, 0.05) is 30.4 Å². The predicted molar refractivity (Wildman–Crippen MR) is 86.9 cm³/mol. The molecule has 21 heavy (non-hydrogen) atoms. The van der Waals surface area contributed by atoms with Crippen LogP contribution >= 0.6 is 11.8 Å². The highest BCUT2D eigenvalue weighted by Crippen LogP contribution is 2.20. The fourth-order valence-electron chi connectivity index (χ4n) is 2.05. The summed E-state index contributed by atoms with van der Waals surface area (Å²) < 4.78 is 1.66. The van der Waals surface area contributed by atoms with E-state index in [2.05, 4.69) is 42.5 Å². The predicted octanol–water partition coefficient (Wildman–Crippen LogP) is 2.87. The highest BCUT2D eigenvalue weighted by atomic mass is 32.2. The Hall–Kier alpha value is -1.75. The Kier molecular flexibility index (Phi) is 5.07.